The van der Waals surface area contributed by atoms with Gasteiger partial charge in [-0.15, -0.1) is 11.8 Å². The van der Waals surface area contributed by atoms with Crippen molar-refractivity contribution in [3.8, 4) is 5.75 Å². The molecule has 0 saturated carbocycles. The van der Waals surface area contributed by atoms with Gasteiger partial charge in [0.15, 0.2) is 6.10 Å². The van der Waals surface area contributed by atoms with Gasteiger partial charge in [0.25, 0.3) is 0 Å². The van der Waals surface area contributed by atoms with Crippen LogP contribution in [0.5, 0.6) is 5.75 Å². The van der Waals surface area contributed by atoms with Crippen molar-refractivity contribution >= 4 is 35.0 Å². The van der Waals surface area contributed by atoms with Crippen molar-refractivity contribution in [1.29, 1.82) is 0 Å². The number of oxime groups is 1. The fourth-order valence-electron chi connectivity index (χ4n) is 4.39. The Hall–Kier alpha value is -3.82. The number of anilines is 1. The molecule has 9 heteroatoms. The second kappa shape index (κ2) is 14.5. The average molecular weight is 563 g/mol. The van der Waals surface area contributed by atoms with E-state index in [1.807, 2.05) is 73.7 Å². The molecule has 1 atom stereocenters. The van der Waals surface area contributed by atoms with E-state index in [4.69, 9.17) is 19.0 Å². The lowest BCUT2D eigenvalue weighted by Crippen LogP contribution is -2.38. The maximum atomic E-state index is 12.8. The zero-order valence-corrected chi connectivity index (χ0v) is 23.8. The molecule has 210 valence electrons. The number of esters is 1. The summed E-state index contributed by atoms with van der Waals surface area (Å²) in [7, 11) is 1.53. The molecule has 0 aromatic heterocycles. The molecule has 3 aromatic rings. The van der Waals surface area contributed by atoms with Gasteiger partial charge in [0.05, 0.1) is 24.6 Å². The van der Waals surface area contributed by atoms with Crippen LogP contribution in [0.2, 0.25) is 0 Å². The van der Waals surface area contributed by atoms with Gasteiger partial charge in [0.2, 0.25) is 5.91 Å². The molecule has 0 spiro atoms. The third-order valence-corrected chi connectivity index (χ3v) is 7.28. The molecule has 1 aliphatic heterocycles. The molecule has 0 N–H and O–H groups in total. The summed E-state index contributed by atoms with van der Waals surface area (Å²) in [5.74, 6) is 0.725. The summed E-state index contributed by atoms with van der Waals surface area (Å²) in [6.07, 6.45) is -0.211. The summed E-state index contributed by atoms with van der Waals surface area (Å²) >= 11 is 1.52. The molecule has 8 nitrogen and oxygen atoms in total. The van der Waals surface area contributed by atoms with Gasteiger partial charge < -0.3 is 23.9 Å². The monoisotopic (exact) mass is 562 g/mol. The maximum absolute atomic E-state index is 12.8. The molecule has 0 aliphatic carbocycles. The second-order valence-electron chi connectivity index (χ2n) is 8.90. The Morgan fingerprint density at radius 1 is 1.00 bits per heavy atom. The molecule has 1 heterocycles. The first-order valence-electron chi connectivity index (χ1n) is 13.3. The van der Waals surface area contributed by atoms with Crippen LogP contribution in [0.15, 0.2) is 82.8 Å². The number of amides is 1. The van der Waals surface area contributed by atoms with Crippen LogP contribution in [0.1, 0.15) is 30.5 Å². The molecule has 1 unspecified atom stereocenters. The highest BCUT2D eigenvalue weighted by Gasteiger charge is 2.26. The third-order valence-electron chi connectivity index (χ3n) is 6.25. The van der Waals surface area contributed by atoms with Crippen molar-refractivity contribution in [2.45, 2.75) is 31.3 Å². The Bertz CT molecular complexity index is 1310. The van der Waals surface area contributed by atoms with Gasteiger partial charge in [-0.2, -0.15) is 0 Å². The van der Waals surface area contributed by atoms with Gasteiger partial charge in [0.1, 0.15) is 25.2 Å². The first-order chi connectivity index (χ1) is 19.5. The Labute approximate surface area is 239 Å². The number of thioether (sulfide) groups is 1. The summed E-state index contributed by atoms with van der Waals surface area (Å²) in [5.41, 5.74) is 4.40. The quantitative estimate of drug-likeness (QED) is 0.163. The van der Waals surface area contributed by atoms with E-state index >= 15 is 0 Å². The number of fused-ring (bicyclic) bond motifs is 1. The zero-order valence-electron chi connectivity index (χ0n) is 23.0. The van der Waals surface area contributed by atoms with Crippen LogP contribution in [-0.2, 0) is 30.3 Å². The van der Waals surface area contributed by atoms with Crippen molar-refractivity contribution < 1.29 is 28.6 Å². The normalized spacial score (nSPS) is 13.9. The Morgan fingerprint density at radius 2 is 1.77 bits per heavy atom. The van der Waals surface area contributed by atoms with E-state index < -0.39 is 6.10 Å². The van der Waals surface area contributed by atoms with E-state index in [0.29, 0.717) is 44.3 Å². The standard InChI is InChI=1S/C31H34N2O6S/c1-4-37-27(31(35)38-5-2)19-22-11-14-25(15-12-22)39-18-17-33-26-16-13-24(20-28(26)40-21-29(33)34)30(32-36-3)23-9-7-6-8-10-23/h6-16,20,27H,4-5,17-19,21H2,1-3H3. The van der Waals surface area contributed by atoms with E-state index in [1.165, 1.54) is 18.9 Å². The zero-order chi connectivity index (χ0) is 28.3. The molecule has 4 rings (SSSR count). The number of benzene rings is 3. The summed E-state index contributed by atoms with van der Waals surface area (Å²) in [4.78, 5) is 32.8. The van der Waals surface area contributed by atoms with Crippen molar-refractivity contribution in [2.75, 3.05) is 44.1 Å². The van der Waals surface area contributed by atoms with E-state index in [9.17, 15) is 9.59 Å². The van der Waals surface area contributed by atoms with Gasteiger partial charge >= 0.3 is 5.97 Å². The number of rotatable bonds is 13. The largest absolute Gasteiger partial charge is 0.492 e. The highest BCUT2D eigenvalue weighted by molar-refractivity contribution is 8.00. The Morgan fingerprint density at radius 3 is 2.48 bits per heavy atom. The Kier molecular flexibility index (Phi) is 10.6. The molecule has 40 heavy (non-hydrogen) atoms. The predicted molar refractivity (Wildman–Crippen MR) is 156 cm³/mol. The van der Waals surface area contributed by atoms with Gasteiger partial charge in [-0.05, 0) is 43.7 Å². The van der Waals surface area contributed by atoms with Crippen LogP contribution in [-0.4, -0.2) is 62.9 Å². The van der Waals surface area contributed by atoms with E-state index in [2.05, 4.69) is 11.2 Å². The lowest BCUT2D eigenvalue weighted by Gasteiger charge is -2.29. The Balaban J connectivity index is 1.39. The number of ether oxygens (including phenoxy) is 3. The lowest BCUT2D eigenvalue weighted by molar-refractivity contribution is -0.156. The summed E-state index contributed by atoms with van der Waals surface area (Å²) < 4.78 is 16.6. The van der Waals surface area contributed by atoms with Gasteiger partial charge in [-0.3, -0.25) is 4.79 Å². The highest BCUT2D eigenvalue weighted by Crippen LogP contribution is 2.36. The van der Waals surface area contributed by atoms with E-state index in [1.54, 1.807) is 11.8 Å². The third kappa shape index (κ3) is 7.43. The molecular formula is C31H34N2O6S. The minimum atomic E-state index is -0.634. The van der Waals surface area contributed by atoms with Crippen molar-refractivity contribution in [3.05, 3.63) is 89.5 Å². The summed E-state index contributed by atoms with van der Waals surface area (Å²) in [5, 5.41) is 4.26. The van der Waals surface area contributed by atoms with Crippen LogP contribution >= 0.6 is 11.8 Å². The van der Waals surface area contributed by atoms with Crippen molar-refractivity contribution in [2.24, 2.45) is 5.16 Å². The number of carbonyl (C=O) groups is 2. The second-order valence-corrected chi connectivity index (χ2v) is 9.91. The smallest absolute Gasteiger partial charge is 0.335 e. The van der Waals surface area contributed by atoms with Gasteiger partial charge in [-0.25, -0.2) is 4.79 Å². The first kappa shape index (κ1) is 29.2. The van der Waals surface area contributed by atoms with Gasteiger partial charge in [-0.1, -0.05) is 53.7 Å². The molecule has 0 saturated heterocycles. The summed E-state index contributed by atoms with van der Waals surface area (Å²) in [6.45, 7) is 5.12. The minimum Gasteiger partial charge on any atom is -0.492 e. The fourth-order valence-corrected chi connectivity index (χ4v) is 5.36. The summed E-state index contributed by atoms with van der Waals surface area (Å²) in [6, 6.07) is 23.4. The van der Waals surface area contributed by atoms with Crippen LogP contribution in [0, 0.1) is 0 Å². The molecule has 1 aliphatic rings. The minimum absolute atomic E-state index is 0.0407. The number of hydrogen-bond acceptors (Lipinski definition) is 8. The molecule has 0 fully saturated rings. The van der Waals surface area contributed by atoms with Crippen LogP contribution in [0.3, 0.4) is 0 Å². The molecule has 0 radical (unpaired) electrons. The number of hydrogen-bond donors (Lipinski definition) is 0. The van der Waals surface area contributed by atoms with Crippen molar-refractivity contribution in [3.63, 3.8) is 0 Å². The predicted octanol–water partition coefficient (Wildman–Crippen LogP) is 5.11. The van der Waals surface area contributed by atoms with Crippen LogP contribution in [0.4, 0.5) is 5.69 Å². The molecule has 0 bridgehead atoms. The maximum Gasteiger partial charge on any atom is 0.335 e. The number of carbonyl (C=O) groups excluding carboxylic acids is 2. The van der Waals surface area contributed by atoms with E-state index in [-0.39, 0.29) is 11.9 Å². The van der Waals surface area contributed by atoms with Gasteiger partial charge in [0, 0.05) is 29.1 Å². The lowest BCUT2D eigenvalue weighted by atomic mass is 10.0. The van der Waals surface area contributed by atoms with Crippen molar-refractivity contribution in [1.82, 2.24) is 0 Å². The molecular weight excluding hydrogens is 528 g/mol. The molecule has 1 amide bonds. The fraction of sp³-hybridized carbons (Fsp3) is 0.323. The molecule has 3 aromatic carbocycles. The van der Waals surface area contributed by atoms with E-state index in [0.717, 1.165) is 33.0 Å². The van der Waals surface area contributed by atoms with Crippen LogP contribution < -0.4 is 9.64 Å². The number of nitrogens with zero attached hydrogens (tertiary/aromatic N) is 2. The highest BCUT2D eigenvalue weighted by atomic mass is 32.2. The average Bonchev–Trinajstić information content (AvgIpc) is 2.98. The first-order valence-corrected chi connectivity index (χ1v) is 14.3. The topological polar surface area (TPSA) is 86.7 Å². The van der Waals surface area contributed by atoms with Crippen LogP contribution in [0.25, 0.3) is 0 Å². The SMILES string of the molecule is CCOC(=O)C(Cc1ccc(OCCN2C(=O)CSc3cc(C(=NOC)c4ccccc4)ccc32)cc1)OCC.